The largest absolute Gasteiger partial charge is 0.353 e. The van der Waals surface area contributed by atoms with E-state index in [-0.39, 0.29) is 11.6 Å². The summed E-state index contributed by atoms with van der Waals surface area (Å²) in [6, 6.07) is 18.4. The molecule has 152 valence electrons. The van der Waals surface area contributed by atoms with E-state index in [9.17, 15) is 4.79 Å². The molecule has 0 atom stereocenters. The topological polar surface area (TPSA) is 114 Å². The molecule has 3 aromatic heterocycles. The summed E-state index contributed by atoms with van der Waals surface area (Å²) in [6.45, 7) is 0. The van der Waals surface area contributed by atoms with Gasteiger partial charge < -0.3 is 9.88 Å². The predicted octanol–water partition coefficient (Wildman–Crippen LogP) is 3.90. The molecule has 0 bridgehead atoms. The standard InChI is InChI=1S/C24H15N7O/c1-30(18-5-2-15(10-25)3-6-18)24(32)21-14-31-22(12-28-23(31)13-27-21)20-9-17-8-16(11-26)4-7-19(17)29-20/h2-9,12-14,29H,1H3. The Hall–Kier alpha value is -4.95. The number of nitrogens with one attached hydrogen (secondary N) is 1. The molecule has 1 amide bonds. The van der Waals surface area contributed by atoms with Crippen LogP contribution in [0.15, 0.2) is 67.1 Å². The molecular weight excluding hydrogens is 402 g/mol. The average Bonchev–Trinajstić information content (AvgIpc) is 3.45. The molecule has 0 radical (unpaired) electrons. The van der Waals surface area contributed by atoms with Crippen molar-refractivity contribution in [3.63, 3.8) is 0 Å². The summed E-state index contributed by atoms with van der Waals surface area (Å²) in [6.07, 6.45) is 4.93. The quantitative estimate of drug-likeness (QED) is 0.478. The van der Waals surface area contributed by atoms with E-state index < -0.39 is 0 Å². The minimum atomic E-state index is -0.286. The molecule has 0 saturated heterocycles. The molecular formula is C24H15N7O. The number of rotatable bonds is 3. The summed E-state index contributed by atoms with van der Waals surface area (Å²) in [5.41, 5.74) is 5.12. The first kappa shape index (κ1) is 19.0. The number of imidazole rings is 1. The van der Waals surface area contributed by atoms with Gasteiger partial charge in [-0.25, -0.2) is 9.97 Å². The van der Waals surface area contributed by atoms with E-state index in [0.29, 0.717) is 22.5 Å². The molecule has 5 rings (SSSR count). The number of aromatic amines is 1. The summed E-state index contributed by atoms with van der Waals surface area (Å²) in [7, 11) is 1.66. The number of H-pyrrole nitrogens is 1. The Morgan fingerprint density at radius 3 is 2.50 bits per heavy atom. The maximum absolute atomic E-state index is 13.1. The minimum absolute atomic E-state index is 0.256. The lowest BCUT2D eigenvalue weighted by Gasteiger charge is -2.17. The normalized spacial score (nSPS) is 10.7. The van der Waals surface area contributed by atoms with E-state index in [1.165, 1.54) is 4.90 Å². The molecule has 8 nitrogen and oxygen atoms in total. The fourth-order valence-electron chi connectivity index (χ4n) is 3.59. The van der Waals surface area contributed by atoms with Crippen molar-refractivity contribution in [2.45, 2.75) is 0 Å². The molecule has 0 spiro atoms. The van der Waals surface area contributed by atoms with Gasteiger partial charge in [-0.2, -0.15) is 10.5 Å². The number of fused-ring (bicyclic) bond motifs is 2. The zero-order chi connectivity index (χ0) is 22.2. The lowest BCUT2D eigenvalue weighted by atomic mass is 10.2. The number of nitriles is 2. The molecule has 32 heavy (non-hydrogen) atoms. The number of carbonyl (C=O) groups excluding carboxylic acids is 1. The number of hydrogen-bond acceptors (Lipinski definition) is 5. The number of benzene rings is 2. The van der Waals surface area contributed by atoms with E-state index in [2.05, 4.69) is 27.1 Å². The van der Waals surface area contributed by atoms with Crippen LogP contribution in [0.25, 0.3) is 27.9 Å². The van der Waals surface area contributed by atoms with Crippen LogP contribution in [0.3, 0.4) is 0 Å². The molecule has 0 aliphatic heterocycles. The highest BCUT2D eigenvalue weighted by Crippen LogP contribution is 2.26. The van der Waals surface area contributed by atoms with Gasteiger partial charge in [0.25, 0.3) is 5.91 Å². The first-order valence-electron chi connectivity index (χ1n) is 9.72. The van der Waals surface area contributed by atoms with E-state index >= 15 is 0 Å². The highest BCUT2D eigenvalue weighted by Gasteiger charge is 2.18. The molecule has 2 aromatic carbocycles. The third-order valence-corrected chi connectivity index (χ3v) is 5.33. The van der Waals surface area contributed by atoms with Crippen LogP contribution in [0.4, 0.5) is 5.69 Å². The first-order chi connectivity index (χ1) is 15.6. The lowest BCUT2D eigenvalue weighted by molar-refractivity contribution is 0.0988. The molecule has 0 unspecified atom stereocenters. The van der Waals surface area contributed by atoms with E-state index in [4.69, 9.17) is 10.5 Å². The minimum Gasteiger partial charge on any atom is -0.353 e. The summed E-state index contributed by atoms with van der Waals surface area (Å²) in [4.78, 5) is 26.6. The van der Waals surface area contributed by atoms with Gasteiger partial charge in [0, 0.05) is 29.8 Å². The lowest BCUT2D eigenvalue weighted by Crippen LogP contribution is -2.27. The Labute approximate surface area is 182 Å². The fraction of sp³-hybridized carbons (Fsp3) is 0.0417. The Morgan fingerprint density at radius 1 is 1.00 bits per heavy atom. The number of amides is 1. The Kier molecular flexibility index (Phi) is 4.39. The van der Waals surface area contributed by atoms with Gasteiger partial charge in [0.15, 0.2) is 5.65 Å². The Bertz CT molecular complexity index is 1580. The summed E-state index contributed by atoms with van der Waals surface area (Å²) < 4.78 is 1.81. The van der Waals surface area contributed by atoms with Crippen LogP contribution in [0.5, 0.6) is 0 Å². The molecule has 3 heterocycles. The van der Waals surface area contributed by atoms with Gasteiger partial charge in [-0.1, -0.05) is 0 Å². The van der Waals surface area contributed by atoms with Gasteiger partial charge in [-0.05, 0) is 48.5 Å². The number of hydrogen-bond donors (Lipinski definition) is 1. The number of aromatic nitrogens is 4. The second-order valence-electron chi connectivity index (χ2n) is 7.26. The zero-order valence-corrected chi connectivity index (χ0v) is 16.9. The van der Waals surface area contributed by atoms with Crippen molar-refractivity contribution in [1.82, 2.24) is 19.4 Å². The molecule has 1 N–H and O–H groups in total. The SMILES string of the molecule is CN(C(=O)c1cn2c(-c3cc4cc(C#N)ccc4[nH]3)cnc2cn1)c1ccc(C#N)cc1. The van der Waals surface area contributed by atoms with Gasteiger partial charge in [-0.15, -0.1) is 0 Å². The second-order valence-corrected chi connectivity index (χ2v) is 7.26. The fourth-order valence-corrected chi connectivity index (χ4v) is 3.59. The van der Waals surface area contributed by atoms with Crippen molar-refractivity contribution in [3.8, 4) is 23.5 Å². The van der Waals surface area contributed by atoms with Crippen LogP contribution in [0.2, 0.25) is 0 Å². The van der Waals surface area contributed by atoms with Gasteiger partial charge in [0.1, 0.15) is 5.69 Å². The summed E-state index contributed by atoms with van der Waals surface area (Å²) in [5.74, 6) is -0.286. The maximum atomic E-state index is 13.1. The molecule has 0 aliphatic carbocycles. The Balaban J connectivity index is 1.53. The van der Waals surface area contributed by atoms with Crippen molar-refractivity contribution >= 4 is 28.1 Å². The van der Waals surface area contributed by atoms with Crippen LogP contribution in [-0.2, 0) is 0 Å². The van der Waals surface area contributed by atoms with Crippen molar-refractivity contribution in [2.24, 2.45) is 0 Å². The van der Waals surface area contributed by atoms with Crippen LogP contribution >= 0.6 is 0 Å². The smallest absolute Gasteiger partial charge is 0.278 e. The van der Waals surface area contributed by atoms with Crippen molar-refractivity contribution in [3.05, 3.63) is 83.9 Å². The monoisotopic (exact) mass is 417 g/mol. The van der Waals surface area contributed by atoms with Crippen molar-refractivity contribution in [1.29, 1.82) is 10.5 Å². The van der Waals surface area contributed by atoms with E-state index in [1.807, 2.05) is 22.6 Å². The third kappa shape index (κ3) is 3.13. The second kappa shape index (κ2) is 7.38. The number of anilines is 1. The van der Waals surface area contributed by atoms with Crippen LogP contribution in [-0.4, -0.2) is 32.3 Å². The molecule has 0 saturated carbocycles. The first-order valence-corrected chi connectivity index (χ1v) is 9.72. The Morgan fingerprint density at radius 2 is 1.75 bits per heavy atom. The van der Waals surface area contributed by atoms with Crippen LogP contribution in [0.1, 0.15) is 21.6 Å². The average molecular weight is 417 g/mol. The van der Waals surface area contributed by atoms with Gasteiger partial charge in [0.05, 0.1) is 47.0 Å². The highest BCUT2D eigenvalue weighted by atomic mass is 16.2. The van der Waals surface area contributed by atoms with Crippen molar-refractivity contribution < 1.29 is 4.79 Å². The van der Waals surface area contributed by atoms with Crippen LogP contribution < -0.4 is 4.90 Å². The maximum Gasteiger partial charge on any atom is 0.278 e. The molecule has 0 aliphatic rings. The van der Waals surface area contributed by atoms with Gasteiger partial charge in [-0.3, -0.25) is 9.20 Å². The van der Waals surface area contributed by atoms with Crippen molar-refractivity contribution in [2.75, 3.05) is 11.9 Å². The van der Waals surface area contributed by atoms with E-state index in [1.54, 1.807) is 56.0 Å². The molecule has 5 aromatic rings. The van der Waals surface area contributed by atoms with Crippen LogP contribution in [0, 0.1) is 22.7 Å². The number of carbonyl (C=O) groups is 1. The molecule has 0 fully saturated rings. The van der Waals surface area contributed by atoms with Gasteiger partial charge in [0.2, 0.25) is 0 Å². The summed E-state index contributed by atoms with van der Waals surface area (Å²) >= 11 is 0. The predicted molar refractivity (Wildman–Crippen MR) is 119 cm³/mol. The highest BCUT2D eigenvalue weighted by molar-refractivity contribution is 6.04. The number of nitrogens with zero attached hydrogens (tertiary/aromatic N) is 6. The summed E-state index contributed by atoms with van der Waals surface area (Å²) in [5, 5.41) is 19.0. The van der Waals surface area contributed by atoms with Gasteiger partial charge >= 0.3 is 0 Å². The zero-order valence-electron chi connectivity index (χ0n) is 16.9. The third-order valence-electron chi connectivity index (χ3n) is 5.33. The molecule has 8 heteroatoms. The van der Waals surface area contributed by atoms with E-state index in [0.717, 1.165) is 22.3 Å².